The zero-order chi connectivity index (χ0) is 16.9. The van der Waals surface area contributed by atoms with E-state index < -0.39 is 9.84 Å². The van der Waals surface area contributed by atoms with Gasteiger partial charge >= 0.3 is 0 Å². The Morgan fingerprint density at radius 2 is 2.26 bits per heavy atom. The van der Waals surface area contributed by atoms with Gasteiger partial charge in [0.1, 0.15) is 5.69 Å². The van der Waals surface area contributed by atoms with Crippen molar-refractivity contribution in [2.24, 2.45) is 0 Å². The maximum Gasteiger partial charge on any atom is 0.269 e. The van der Waals surface area contributed by atoms with E-state index in [4.69, 9.17) is 4.74 Å². The molecule has 1 aromatic rings. The van der Waals surface area contributed by atoms with E-state index in [9.17, 15) is 13.2 Å². The molecule has 1 saturated heterocycles. The molecule has 1 unspecified atom stereocenters. The fourth-order valence-corrected chi connectivity index (χ4v) is 4.30. The highest BCUT2D eigenvalue weighted by atomic mass is 32.2. The summed E-state index contributed by atoms with van der Waals surface area (Å²) < 4.78 is 28.0. The van der Waals surface area contributed by atoms with Gasteiger partial charge in [-0.2, -0.15) is 0 Å². The van der Waals surface area contributed by atoms with Gasteiger partial charge in [0.05, 0.1) is 23.4 Å². The highest BCUT2D eigenvalue weighted by Gasteiger charge is 2.30. The van der Waals surface area contributed by atoms with E-state index in [1.165, 1.54) is 0 Å². The Balaban J connectivity index is 1.92. The Morgan fingerprint density at radius 3 is 2.83 bits per heavy atom. The van der Waals surface area contributed by atoms with Crippen molar-refractivity contribution in [1.29, 1.82) is 0 Å². The van der Waals surface area contributed by atoms with Crippen molar-refractivity contribution in [3.63, 3.8) is 0 Å². The molecule has 0 aromatic carbocycles. The molecule has 7 nitrogen and oxygen atoms in total. The van der Waals surface area contributed by atoms with Gasteiger partial charge in [-0.3, -0.25) is 4.79 Å². The molecule has 128 valence electrons. The zero-order valence-corrected chi connectivity index (χ0v) is 14.3. The Kier molecular flexibility index (Phi) is 5.95. The number of pyridine rings is 1. The predicted octanol–water partition coefficient (Wildman–Crippen LogP) is 0.471. The molecule has 1 amide bonds. The fourth-order valence-electron chi connectivity index (χ4n) is 2.53. The van der Waals surface area contributed by atoms with Gasteiger partial charge in [0.15, 0.2) is 9.84 Å². The summed E-state index contributed by atoms with van der Waals surface area (Å²) in [6.45, 7) is 1.14. The molecule has 0 aliphatic carbocycles. The smallest absolute Gasteiger partial charge is 0.269 e. The first-order valence-corrected chi connectivity index (χ1v) is 9.41. The molecule has 1 aliphatic heterocycles. The third-order valence-electron chi connectivity index (χ3n) is 3.95. The number of amides is 1. The van der Waals surface area contributed by atoms with E-state index in [1.807, 2.05) is 11.9 Å². The van der Waals surface area contributed by atoms with Crippen molar-refractivity contribution in [2.45, 2.75) is 18.9 Å². The number of carbonyl (C=O) groups is 1. The highest BCUT2D eigenvalue weighted by molar-refractivity contribution is 7.91. The van der Waals surface area contributed by atoms with Crippen molar-refractivity contribution in [2.75, 3.05) is 43.7 Å². The number of aromatic nitrogens is 1. The molecule has 1 aliphatic rings. The summed E-state index contributed by atoms with van der Waals surface area (Å²) in [4.78, 5) is 18.0. The van der Waals surface area contributed by atoms with Gasteiger partial charge in [0.25, 0.3) is 5.91 Å². The second-order valence-electron chi connectivity index (χ2n) is 5.67. The fraction of sp³-hybridized carbons (Fsp3) is 0.600. The van der Waals surface area contributed by atoms with Crippen molar-refractivity contribution in [3.8, 4) is 0 Å². The van der Waals surface area contributed by atoms with Gasteiger partial charge in [-0.1, -0.05) is 0 Å². The number of nitrogens with one attached hydrogen (secondary N) is 1. The van der Waals surface area contributed by atoms with Crippen molar-refractivity contribution in [3.05, 3.63) is 24.0 Å². The van der Waals surface area contributed by atoms with Gasteiger partial charge in [-0.15, -0.1) is 0 Å². The molecule has 1 N–H and O–H groups in total. The summed E-state index contributed by atoms with van der Waals surface area (Å²) in [5, 5.41) is 2.77. The number of ether oxygens (including phenoxy) is 1. The van der Waals surface area contributed by atoms with Crippen LogP contribution in [-0.2, 0) is 14.6 Å². The maximum absolute atomic E-state index is 11.9. The summed E-state index contributed by atoms with van der Waals surface area (Å²) in [5.41, 5.74) is 1.15. The Bertz CT molecular complexity index is 631. The summed E-state index contributed by atoms with van der Waals surface area (Å²) in [7, 11) is 0.552. The predicted molar refractivity (Wildman–Crippen MR) is 88.5 cm³/mol. The lowest BCUT2D eigenvalue weighted by Crippen LogP contribution is -2.32. The molecule has 8 heteroatoms. The molecular weight excluding hydrogens is 318 g/mol. The molecule has 0 radical (unpaired) electrons. The number of hydrogen-bond donors (Lipinski definition) is 1. The summed E-state index contributed by atoms with van der Waals surface area (Å²) in [6.07, 6.45) is 2.98. The van der Waals surface area contributed by atoms with Gasteiger partial charge < -0.3 is 15.0 Å². The number of nitrogens with zero attached hydrogens (tertiary/aromatic N) is 2. The van der Waals surface area contributed by atoms with E-state index >= 15 is 0 Å². The van der Waals surface area contributed by atoms with Crippen LogP contribution in [0.1, 0.15) is 23.3 Å². The summed E-state index contributed by atoms with van der Waals surface area (Å²) in [5.74, 6) is 0.182. The van der Waals surface area contributed by atoms with Crippen LogP contribution < -0.4 is 10.2 Å². The molecule has 0 bridgehead atoms. The quantitative estimate of drug-likeness (QED) is 0.725. The van der Waals surface area contributed by atoms with Crippen molar-refractivity contribution in [1.82, 2.24) is 10.3 Å². The van der Waals surface area contributed by atoms with Crippen LogP contribution in [-0.4, -0.2) is 64.2 Å². The van der Waals surface area contributed by atoms with Crippen molar-refractivity contribution >= 4 is 21.4 Å². The second-order valence-corrected chi connectivity index (χ2v) is 7.90. The van der Waals surface area contributed by atoms with E-state index in [0.717, 1.165) is 12.1 Å². The molecular formula is C15H23N3O4S. The first-order valence-electron chi connectivity index (χ1n) is 7.59. The Hall–Kier alpha value is -1.67. The van der Waals surface area contributed by atoms with Crippen LogP contribution in [0.25, 0.3) is 0 Å². The van der Waals surface area contributed by atoms with Gasteiger partial charge in [0, 0.05) is 33.4 Å². The second kappa shape index (κ2) is 7.74. The number of rotatable bonds is 7. The van der Waals surface area contributed by atoms with E-state index in [1.54, 1.807) is 25.4 Å². The molecule has 1 atom stereocenters. The molecule has 2 heterocycles. The molecule has 1 aromatic heterocycles. The van der Waals surface area contributed by atoms with Crippen LogP contribution in [0.15, 0.2) is 18.3 Å². The minimum Gasteiger partial charge on any atom is -0.385 e. The molecule has 0 saturated carbocycles. The lowest BCUT2D eigenvalue weighted by molar-refractivity contribution is 0.0943. The SMILES string of the molecule is COCCCNC(=O)c1ccc(N(C)C2CCS(=O)(=O)C2)cn1. The first kappa shape index (κ1) is 17.7. The van der Waals surface area contributed by atoms with Crippen molar-refractivity contribution < 1.29 is 17.9 Å². The number of anilines is 1. The van der Waals surface area contributed by atoms with E-state index in [2.05, 4.69) is 10.3 Å². The number of sulfone groups is 1. The standard InChI is InChI=1S/C15H23N3O4S/c1-18(13-6-9-23(20,21)11-13)12-4-5-14(17-10-12)15(19)16-7-3-8-22-2/h4-5,10,13H,3,6-9,11H2,1-2H3,(H,16,19). The highest BCUT2D eigenvalue weighted by Crippen LogP contribution is 2.22. The number of carbonyl (C=O) groups excluding carboxylic acids is 1. The average Bonchev–Trinajstić information content (AvgIpc) is 2.91. The van der Waals surface area contributed by atoms with Gasteiger partial charge in [-0.05, 0) is 25.0 Å². The first-order chi connectivity index (χ1) is 10.9. The average molecular weight is 341 g/mol. The molecule has 1 fully saturated rings. The van der Waals surface area contributed by atoms with E-state index in [0.29, 0.717) is 25.3 Å². The Labute approximate surface area is 137 Å². The third kappa shape index (κ3) is 4.90. The van der Waals surface area contributed by atoms with Crippen LogP contribution in [0.3, 0.4) is 0 Å². The number of methoxy groups -OCH3 is 1. The third-order valence-corrected chi connectivity index (χ3v) is 5.71. The minimum atomic E-state index is -2.92. The normalized spacial score (nSPS) is 19.5. The van der Waals surface area contributed by atoms with Crippen LogP contribution in [0.4, 0.5) is 5.69 Å². The van der Waals surface area contributed by atoms with Gasteiger partial charge in [-0.25, -0.2) is 13.4 Å². The summed E-state index contributed by atoms with van der Waals surface area (Å²) in [6, 6.07) is 3.42. The lowest BCUT2D eigenvalue weighted by atomic mass is 10.2. The topological polar surface area (TPSA) is 88.6 Å². The molecule has 0 spiro atoms. The minimum absolute atomic E-state index is 0.0319. The van der Waals surface area contributed by atoms with Gasteiger partial charge in [0.2, 0.25) is 0 Å². The molecule has 2 rings (SSSR count). The monoisotopic (exact) mass is 341 g/mol. The zero-order valence-electron chi connectivity index (χ0n) is 13.5. The summed E-state index contributed by atoms with van der Waals surface area (Å²) >= 11 is 0. The largest absolute Gasteiger partial charge is 0.385 e. The number of hydrogen-bond acceptors (Lipinski definition) is 6. The molecule has 23 heavy (non-hydrogen) atoms. The van der Waals surface area contributed by atoms with Crippen LogP contribution >= 0.6 is 0 Å². The lowest BCUT2D eigenvalue weighted by Gasteiger charge is -2.25. The van der Waals surface area contributed by atoms with E-state index in [-0.39, 0.29) is 23.5 Å². The maximum atomic E-state index is 11.9. The van der Waals surface area contributed by atoms with Crippen LogP contribution in [0, 0.1) is 0 Å². The Morgan fingerprint density at radius 1 is 1.48 bits per heavy atom. The van der Waals surface area contributed by atoms with Crippen LogP contribution in [0.2, 0.25) is 0 Å². The van der Waals surface area contributed by atoms with Crippen LogP contribution in [0.5, 0.6) is 0 Å².